The van der Waals surface area contributed by atoms with Gasteiger partial charge >= 0.3 is 0 Å². The maximum absolute atomic E-state index is 5.42. The summed E-state index contributed by atoms with van der Waals surface area (Å²) in [6.07, 6.45) is 15.9. The predicted octanol–water partition coefficient (Wildman–Crippen LogP) is 2.47. The Morgan fingerprint density at radius 1 is 1.25 bits per heavy atom. The van der Waals surface area contributed by atoms with E-state index in [4.69, 9.17) is 12.8 Å². The van der Waals surface area contributed by atoms with Crippen LogP contribution in [0.1, 0.15) is 19.3 Å². The van der Waals surface area contributed by atoms with Crippen molar-refractivity contribution in [2.45, 2.75) is 19.3 Å². The van der Waals surface area contributed by atoms with Crippen LogP contribution in [0.3, 0.4) is 0 Å². The molecule has 1 aliphatic rings. The molecule has 3 unspecified atom stereocenters. The van der Waals surface area contributed by atoms with Crippen molar-refractivity contribution >= 4 is 0 Å². The zero-order valence-electron chi connectivity index (χ0n) is 7.29. The van der Waals surface area contributed by atoms with Crippen LogP contribution in [0.2, 0.25) is 0 Å². The third-order valence-electron chi connectivity index (χ3n) is 2.66. The van der Waals surface area contributed by atoms with Crippen molar-refractivity contribution < 1.29 is 0 Å². The van der Waals surface area contributed by atoms with Crippen LogP contribution in [0.4, 0.5) is 0 Å². The first-order valence-electron chi connectivity index (χ1n) is 4.36. The van der Waals surface area contributed by atoms with Gasteiger partial charge in [-0.05, 0) is 25.2 Å². The fourth-order valence-electron chi connectivity index (χ4n) is 1.82. The minimum Gasteiger partial charge on any atom is -0.120 e. The molecule has 0 nitrogen and oxygen atoms in total. The molecule has 1 saturated carbocycles. The summed E-state index contributed by atoms with van der Waals surface area (Å²) in [6, 6.07) is 0. The molecule has 1 fully saturated rings. The monoisotopic (exact) mass is 158 g/mol. The molecule has 0 heteroatoms. The normalized spacial score (nSPS) is 34.7. The maximum atomic E-state index is 5.42. The Kier molecular flexibility index (Phi) is 3.01. The number of hydrogen-bond donors (Lipinski definition) is 0. The SMILES string of the molecule is C#CC1CCC(C=C)C(C#C)C1. The zero-order valence-corrected chi connectivity index (χ0v) is 7.29. The predicted molar refractivity (Wildman–Crippen MR) is 52.2 cm³/mol. The Morgan fingerprint density at radius 2 is 2.00 bits per heavy atom. The van der Waals surface area contributed by atoms with Crippen molar-refractivity contribution in [3.05, 3.63) is 12.7 Å². The fraction of sp³-hybridized carbons (Fsp3) is 0.500. The molecule has 0 saturated heterocycles. The Hall–Kier alpha value is -1.14. The van der Waals surface area contributed by atoms with Crippen molar-refractivity contribution in [3.63, 3.8) is 0 Å². The van der Waals surface area contributed by atoms with Crippen LogP contribution in [0.25, 0.3) is 0 Å². The molecule has 0 radical (unpaired) electrons. The van der Waals surface area contributed by atoms with Gasteiger partial charge in [0.1, 0.15) is 0 Å². The van der Waals surface area contributed by atoms with Crippen molar-refractivity contribution in [2.24, 2.45) is 17.8 Å². The van der Waals surface area contributed by atoms with Gasteiger partial charge in [0, 0.05) is 11.8 Å². The lowest BCUT2D eigenvalue weighted by Crippen LogP contribution is -2.21. The molecule has 0 aromatic rings. The molecule has 1 rings (SSSR count). The highest BCUT2D eigenvalue weighted by molar-refractivity contribution is 5.08. The first kappa shape index (κ1) is 8.95. The van der Waals surface area contributed by atoms with E-state index in [1.807, 2.05) is 6.08 Å². The largest absolute Gasteiger partial charge is 0.120 e. The van der Waals surface area contributed by atoms with E-state index in [0.29, 0.717) is 17.8 Å². The molecule has 3 atom stereocenters. The third kappa shape index (κ3) is 1.72. The highest BCUT2D eigenvalue weighted by atomic mass is 14.3. The molecule has 0 spiro atoms. The lowest BCUT2D eigenvalue weighted by atomic mass is 9.75. The summed E-state index contributed by atoms with van der Waals surface area (Å²) in [5, 5.41) is 0. The molecule has 0 aliphatic heterocycles. The number of terminal acetylenes is 2. The molecule has 0 aromatic carbocycles. The van der Waals surface area contributed by atoms with E-state index >= 15 is 0 Å². The Balaban J connectivity index is 2.62. The van der Waals surface area contributed by atoms with Gasteiger partial charge in [0.2, 0.25) is 0 Å². The van der Waals surface area contributed by atoms with Crippen LogP contribution in [0, 0.1) is 42.4 Å². The molecule has 0 N–H and O–H groups in total. The number of rotatable bonds is 1. The van der Waals surface area contributed by atoms with Gasteiger partial charge in [-0.25, -0.2) is 0 Å². The minimum absolute atomic E-state index is 0.317. The summed E-state index contributed by atoms with van der Waals surface area (Å²) in [4.78, 5) is 0. The van der Waals surface area contributed by atoms with Gasteiger partial charge in [-0.3, -0.25) is 0 Å². The van der Waals surface area contributed by atoms with E-state index in [1.54, 1.807) is 0 Å². The summed E-state index contributed by atoms with van der Waals surface area (Å²) in [5.74, 6) is 6.78. The van der Waals surface area contributed by atoms with Gasteiger partial charge < -0.3 is 0 Å². The van der Waals surface area contributed by atoms with E-state index in [-0.39, 0.29) is 0 Å². The maximum Gasteiger partial charge on any atom is 0.0274 e. The summed E-state index contributed by atoms with van der Waals surface area (Å²) < 4.78 is 0. The zero-order chi connectivity index (χ0) is 8.97. The van der Waals surface area contributed by atoms with Crippen LogP contribution in [-0.4, -0.2) is 0 Å². The molecule has 0 aromatic heterocycles. The van der Waals surface area contributed by atoms with Crippen molar-refractivity contribution in [1.82, 2.24) is 0 Å². The number of hydrogen-bond acceptors (Lipinski definition) is 0. The molecular weight excluding hydrogens is 144 g/mol. The van der Waals surface area contributed by atoms with Crippen molar-refractivity contribution in [1.29, 1.82) is 0 Å². The topological polar surface area (TPSA) is 0 Å². The van der Waals surface area contributed by atoms with Gasteiger partial charge in [-0.15, -0.1) is 31.3 Å². The van der Waals surface area contributed by atoms with Crippen LogP contribution >= 0.6 is 0 Å². The third-order valence-corrected chi connectivity index (χ3v) is 2.66. The molecular formula is C12H14. The standard InChI is InChI=1S/C12H14/c1-4-10-7-8-11(5-2)12(6-3)9-10/h1,3,5,10-12H,2,7-9H2. The summed E-state index contributed by atoms with van der Waals surface area (Å²) >= 11 is 0. The summed E-state index contributed by atoms with van der Waals surface area (Å²) in [6.45, 7) is 3.79. The second-order valence-electron chi connectivity index (χ2n) is 3.35. The van der Waals surface area contributed by atoms with Crippen molar-refractivity contribution in [2.75, 3.05) is 0 Å². The van der Waals surface area contributed by atoms with Crippen LogP contribution in [0.15, 0.2) is 12.7 Å². The lowest BCUT2D eigenvalue weighted by molar-refractivity contribution is 0.303. The molecule has 0 bridgehead atoms. The average molecular weight is 158 g/mol. The Labute approximate surface area is 75.1 Å². The quantitative estimate of drug-likeness (QED) is 0.406. The lowest BCUT2D eigenvalue weighted by Gasteiger charge is -2.28. The summed E-state index contributed by atoms with van der Waals surface area (Å²) in [7, 11) is 0. The van der Waals surface area contributed by atoms with Gasteiger partial charge in [-0.2, -0.15) is 0 Å². The van der Waals surface area contributed by atoms with Crippen LogP contribution in [0.5, 0.6) is 0 Å². The Bertz CT molecular complexity index is 236. The molecule has 12 heavy (non-hydrogen) atoms. The van der Waals surface area contributed by atoms with Gasteiger partial charge in [0.05, 0.1) is 0 Å². The van der Waals surface area contributed by atoms with E-state index in [0.717, 1.165) is 19.3 Å². The average Bonchev–Trinajstić information content (AvgIpc) is 2.16. The summed E-state index contributed by atoms with van der Waals surface area (Å²) in [5.41, 5.74) is 0. The highest BCUT2D eigenvalue weighted by Crippen LogP contribution is 2.33. The second-order valence-corrected chi connectivity index (χ2v) is 3.35. The molecule has 0 heterocycles. The minimum atomic E-state index is 0.317. The van der Waals surface area contributed by atoms with Crippen LogP contribution in [-0.2, 0) is 0 Å². The first-order valence-corrected chi connectivity index (χ1v) is 4.36. The van der Waals surface area contributed by atoms with Crippen LogP contribution < -0.4 is 0 Å². The highest BCUT2D eigenvalue weighted by Gasteiger charge is 2.25. The second kappa shape index (κ2) is 4.03. The van der Waals surface area contributed by atoms with Crippen molar-refractivity contribution in [3.8, 4) is 24.7 Å². The van der Waals surface area contributed by atoms with Gasteiger partial charge in [0.15, 0.2) is 0 Å². The van der Waals surface area contributed by atoms with E-state index in [1.165, 1.54) is 0 Å². The smallest absolute Gasteiger partial charge is 0.0274 e. The van der Waals surface area contributed by atoms with E-state index < -0.39 is 0 Å². The van der Waals surface area contributed by atoms with E-state index in [2.05, 4.69) is 18.4 Å². The number of allylic oxidation sites excluding steroid dienone is 1. The molecule has 0 amide bonds. The first-order chi connectivity index (χ1) is 5.81. The fourth-order valence-corrected chi connectivity index (χ4v) is 1.82. The molecule has 62 valence electrons. The van der Waals surface area contributed by atoms with E-state index in [9.17, 15) is 0 Å². The van der Waals surface area contributed by atoms with Gasteiger partial charge in [-0.1, -0.05) is 6.08 Å². The Morgan fingerprint density at radius 3 is 2.50 bits per heavy atom. The molecule has 1 aliphatic carbocycles. The van der Waals surface area contributed by atoms with Gasteiger partial charge in [0.25, 0.3) is 0 Å².